The molecule has 1 fully saturated rings. The average Bonchev–Trinajstić information content (AvgIpc) is 2.78. The van der Waals surface area contributed by atoms with E-state index in [2.05, 4.69) is 12.2 Å². The van der Waals surface area contributed by atoms with Crippen LogP contribution in [0, 0.1) is 5.92 Å². The quantitative estimate of drug-likeness (QED) is 0.738. The van der Waals surface area contributed by atoms with Gasteiger partial charge in [0, 0.05) is 18.8 Å². The minimum atomic E-state index is -0.688. The van der Waals surface area contributed by atoms with Crippen molar-refractivity contribution in [1.82, 2.24) is 5.32 Å². The van der Waals surface area contributed by atoms with Crippen LogP contribution in [-0.2, 0) is 9.53 Å². The molecule has 0 unspecified atom stereocenters. The van der Waals surface area contributed by atoms with E-state index in [-0.39, 0.29) is 35.6 Å². The number of esters is 1. The number of ether oxygens (including phenoxy) is 1. The lowest BCUT2D eigenvalue weighted by Gasteiger charge is -2.29. The largest absolute Gasteiger partial charge is 0.452 e. The van der Waals surface area contributed by atoms with Crippen molar-refractivity contribution < 1.29 is 19.1 Å². The molecule has 1 aliphatic carbocycles. The van der Waals surface area contributed by atoms with E-state index in [1.807, 2.05) is 30.3 Å². The predicted octanol–water partition coefficient (Wildman–Crippen LogP) is 3.81. The molecule has 1 N–H and O–H groups in total. The fourth-order valence-corrected chi connectivity index (χ4v) is 3.79. The lowest BCUT2D eigenvalue weighted by Crippen LogP contribution is -2.43. The van der Waals surface area contributed by atoms with Crippen LogP contribution in [0.25, 0.3) is 0 Å². The maximum absolute atomic E-state index is 12.9. The molecule has 0 aliphatic heterocycles. The number of carbonyl (C=O) groups is 3. The molecule has 6 heteroatoms. The Morgan fingerprint density at radius 3 is 2.30 bits per heavy atom. The van der Waals surface area contributed by atoms with E-state index in [9.17, 15) is 14.4 Å². The lowest BCUT2D eigenvalue weighted by molar-refractivity contribution is -0.125. The summed E-state index contributed by atoms with van der Waals surface area (Å²) in [5, 5.41) is 2.96. The van der Waals surface area contributed by atoms with E-state index in [0.29, 0.717) is 11.6 Å². The Balaban J connectivity index is 1.64. The van der Waals surface area contributed by atoms with Gasteiger partial charge in [0.2, 0.25) is 0 Å². The maximum atomic E-state index is 12.9. The Morgan fingerprint density at radius 2 is 1.60 bits per heavy atom. The van der Waals surface area contributed by atoms with E-state index in [0.717, 1.165) is 19.3 Å². The highest BCUT2D eigenvalue weighted by molar-refractivity contribution is 6.12. The van der Waals surface area contributed by atoms with Gasteiger partial charge in [-0.15, -0.1) is 0 Å². The summed E-state index contributed by atoms with van der Waals surface area (Å²) in [5.74, 6) is -0.904. The number of para-hydroxylation sites is 1. The topological polar surface area (TPSA) is 75.7 Å². The van der Waals surface area contributed by atoms with Crippen LogP contribution in [0.1, 0.15) is 53.3 Å². The highest BCUT2D eigenvalue weighted by Gasteiger charge is 2.25. The Kier molecular flexibility index (Phi) is 7.22. The number of rotatable bonds is 6. The molecule has 0 heterocycles. The molecule has 3 rings (SSSR count). The van der Waals surface area contributed by atoms with E-state index in [1.54, 1.807) is 25.2 Å². The lowest BCUT2D eigenvalue weighted by atomic mass is 9.86. The number of amides is 2. The van der Waals surface area contributed by atoms with Crippen molar-refractivity contribution in [2.45, 2.75) is 38.6 Å². The van der Waals surface area contributed by atoms with Gasteiger partial charge in [-0.25, -0.2) is 4.79 Å². The van der Waals surface area contributed by atoms with Crippen molar-refractivity contribution in [1.29, 1.82) is 0 Å². The summed E-state index contributed by atoms with van der Waals surface area (Å²) in [4.78, 5) is 39.3. The molecule has 1 aliphatic rings. The molecule has 0 bridgehead atoms. The monoisotopic (exact) mass is 408 g/mol. The predicted molar refractivity (Wildman–Crippen MR) is 115 cm³/mol. The van der Waals surface area contributed by atoms with Crippen LogP contribution >= 0.6 is 0 Å². The molecular formula is C24H28N2O4. The van der Waals surface area contributed by atoms with Crippen LogP contribution in [0.15, 0.2) is 54.6 Å². The molecule has 2 aromatic rings. The molecule has 6 nitrogen and oxygen atoms in total. The number of hydrogen-bond donors (Lipinski definition) is 1. The van der Waals surface area contributed by atoms with E-state index in [4.69, 9.17) is 4.74 Å². The summed E-state index contributed by atoms with van der Waals surface area (Å²) in [6, 6.07) is 15.8. The molecule has 158 valence electrons. The van der Waals surface area contributed by atoms with Crippen molar-refractivity contribution in [3.63, 3.8) is 0 Å². The van der Waals surface area contributed by atoms with Crippen LogP contribution in [0.5, 0.6) is 0 Å². The van der Waals surface area contributed by atoms with Crippen molar-refractivity contribution >= 4 is 23.5 Å². The van der Waals surface area contributed by atoms with Gasteiger partial charge in [-0.1, -0.05) is 50.1 Å². The highest BCUT2D eigenvalue weighted by atomic mass is 16.5. The zero-order chi connectivity index (χ0) is 21.5. The third-order valence-electron chi connectivity index (χ3n) is 5.62. The Bertz CT molecular complexity index is 897. The molecule has 0 aromatic heterocycles. The summed E-state index contributed by atoms with van der Waals surface area (Å²) in [6.07, 6.45) is 4.32. The number of nitrogens with zero attached hydrogens (tertiary/aromatic N) is 1. The number of benzene rings is 2. The molecular weight excluding hydrogens is 380 g/mol. The van der Waals surface area contributed by atoms with Crippen LogP contribution in [0.3, 0.4) is 0 Å². The second kappa shape index (κ2) is 10.1. The Labute approximate surface area is 177 Å². The van der Waals surface area contributed by atoms with Gasteiger partial charge >= 0.3 is 5.97 Å². The molecule has 2 atom stereocenters. The molecule has 30 heavy (non-hydrogen) atoms. The second-order valence-electron chi connectivity index (χ2n) is 7.76. The smallest absolute Gasteiger partial charge is 0.339 e. The minimum Gasteiger partial charge on any atom is -0.452 e. The van der Waals surface area contributed by atoms with E-state index in [1.165, 1.54) is 17.4 Å². The SMILES string of the molecule is C[C@H]1CCCC[C@H]1NC(=O)COC(=O)c1ccccc1C(=O)N(C)c1ccccc1. The number of hydrogen-bond acceptors (Lipinski definition) is 4. The van der Waals surface area contributed by atoms with Crippen LogP contribution in [-0.4, -0.2) is 37.5 Å². The summed E-state index contributed by atoms with van der Waals surface area (Å²) >= 11 is 0. The summed E-state index contributed by atoms with van der Waals surface area (Å²) < 4.78 is 5.22. The maximum Gasteiger partial charge on any atom is 0.339 e. The van der Waals surface area contributed by atoms with Crippen molar-refractivity contribution in [3.8, 4) is 0 Å². The molecule has 0 saturated heterocycles. The average molecular weight is 408 g/mol. The van der Waals surface area contributed by atoms with Crippen LogP contribution < -0.4 is 10.2 Å². The van der Waals surface area contributed by atoms with Gasteiger partial charge < -0.3 is 15.0 Å². The Hall–Kier alpha value is -3.15. The minimum absolute atomic E-state index is 0.123. The van der Waals surface area contributed by atoms with Gasteiger partial charge in [0.05, 0.1) is 11.1 Å². The van der Waals surface area contributed by atoms with Crippen molar-refractivity contribution in [2.24, 2.45) is 5.92 Å². The Morgan fingerprint density at radius 1 is 0.967 bits per heavy atom. The van der Waals surface area contributed by atoms with Crippen LogP contribution in [0.4, 0.5) is 5.69 Å². The molecule has 1 saturated carbocycles. The van der Waals surface area contributed by atoms with Crippen molar-refractivity contribution in [2.75, 3.05) is 18.6 Å². The molecule has 0 radical (unpaired) electrons. The van der Waals surface area contributed by atoms with Crippen LogP contribution in [0.2, 0.25) is 0 Å². The second-order valence-corrected chi connectivity index (χ2v) is 7.76. The molecule has 0 spiro atoms. The molecule has 2 amide bonds. The van der Waals surface area contributed by atoms with Gasteiger partial charge in [0.25, 0.3) is 11.8 Å². The fraction of sp³-hybridized carbons (Fsp3) is 0.375. The van der Waals surface area contributed by atoms with Crippen molar-refractivity contribution in [3.05, 3.63) is 65.7 Å². The van der Waals surface area contributed by atoms with E-state index >= 15 is 0 Å². The third-order valence-corrected chi connectivity index (χ3v) is 5.62. The number of anilines is 1. The first-order chi connectivity index (χ1) is 14.5. The molecule has 2 aromatic carbocycles. The first-order valence-electron chi connectivity index (χ1n) is 10.4. The third kappa shape index (κ3) is 5.26. The normalized spacial score (nSPS) is 18.3. The zero-order valence-corrected chi connectivity index (χ0v) is 17.5. The van der Waals surface area contributed by atoms with Gasteiger partial charge in [-0.05, 0) is 43.0 Å². The summed E-state index contributed by atoms with van der Waals surface area (Å²) in [7, 11) is 1.65. The van der Waals surface area contributed by atoms with Gasteiger partial charge in [0.1, 0.15) is 0 Å². The zero-order valence-electron chi connectivity index (χ0n) is 17.5. The first kappa shape index (κ1) is 21.6. The summed E-state index contributed by atoms with van der Waals surface area (Å²) in [5.41, 5.74) is 1.09. The fourth-order valence-electron chi connectivity index (χ4n) is 3.79. The highest BCUT2D eigenvalue weighted by Crippen LogP contribution is 2.23. The van der Waals surface area contributed by atoms with Gasteiger partial charge in [-0.2, -0.15) is 0 Å². The number of nitrogens with one attached hydrogen (secondary N) is 1. The van der Waals surface area contributed by atoms with Gasteiger partial charge in [-0.3, -0.25) is 9.59 Å². The standard InChI is InChI=1S/C24H28N2O4/c1-17-10-6-9-15-21(17)25-22(27)16-30-24(29)20-14-8-7-13-19(20)23(28)26(2)18-11-4-3-5-12-18/h3-5,7-8,11-14,17,21H,6,9-10,15-16H2,1-2H3,(H,25,27)/t17-,21+/m0/s1. The van der Waals surface area contributed by atoms with E-state index < -0.39 is 5.97 Å². The number of carbonyl (C=O) groups excluding carboxylic acids is 3. The van der Waals surface area contributed by atoms with Gasteiger partial charge in [0.15, 0.2) is 6.61 Å². The first-order valence-corrected chi connectivity index (χ1v) is 10.4. The summed E-state index contributed by atoms with van der Waals surface area (Å²) in [6.45, 7) is 1.76.